The largest absolute Gasteiger partial charge is 0.354 e. The van der Waals surface area contributed by atoms with Crippen molar-refractivity contribution in [1.82, 2.24) is 10.2 Å². The molecule has 11 heteroatoms. The number of hydrogen-bond donors (Lipinski definition) is 1. The molecule has 0 spiro atoms. The lowest BCUT2D eigenvalue weighted by Crippen LogP contribution is -2.53. The molecule has 0 aliphatic carbocycles. The van der Waals surface area contributed by atoms with Gasteiger partial charge in [0.05, 0.1) is 22.0 Å². The first kappa shape index (κ1) is 31.4. The highest BCUT2D eigenvalue weighted by atomic mass is 35.5. The molecule has 3 aromatic carbocycles. The average molecular weight is 609 g/mol. The number of hydrogen-bond acceptors (Lipinski definition) is 4. The van der Waals surface area contributed by atoms with Crippen LogP contribution < -0.4 is 9.62 Å². The zero-order chi connectivity index (χ0) is 29.3. The van der Waals surface area contributed by atoms with Crippen molar-refractivity contribution in [2.75, 3.05) is 23.7 Å². The predicted molar refractivity (Wildman–Crippen MR) is 157 cm³/mol. The highest BCUT2D eigenvalue weighted by Crippen LogP contribution is 2.34. The van der Waals surface area contributed by atoms with Crippen molar-refractivity contribution < 1.29 is 22.4 Å². The van der Waals surface area contributed by atoms with E-state index in [1.807, 2.05) is 37.3 Å². The minimum atomic E-state index is -4.02. The van der Waals surface area contributed by atoms with Gasteiger partial charge in [-0.05, 0) is 30.2 Å². The van der Waals surface area contributed by atoms with E-state index in [-0.39, 0.29) is 34.3 Å². The number of nitrogens with one attached hydrogen (secondary N) is 1. The maximum absolute atomic E-state index is 14.8. The molecular weight excluding hydrogens is 576 g/mol. The van der Waals surface area contributed by atoms with Gasteiger partial charge in [0, 0.05) is 25.1 Å². The molecule has 0 bridgehead atoms. The van der Waals surface area contributed by atoms with Crippen molar-refractivity contribution in [2.24, 2.45) is 0 Å². The van der Waals surface area contributed by atoms with Gasteiger partial charge in [0.15, 0.2) is 0 Å². The predicted octanol–water partition coefficient (Wildman–Crippen LogP) is 5.45. The first-order chi connectivity index (χ1) is 19.0. The fraction of sp³-hybridized carbons (Fsp3) is 0.310. The van der Waals surface area contributed by atoms with Crippen molar-refractivity contribution in [1.29, 1.82) is 0 Å². The van der Waals surface area contributed by atoms with Gasteiger partial charge in [-0.25, -0.2) is 12.8 Å². The van der Waals surface area contributed by atoms with E-state index in [4.69, 9.17) is 23.2 Å². The van der Waals surface area contributed by atoms with Crippen LogP contribution in [0.15, 0.2) is 72.8 Å². The Morgan fingerprint density at radius 2 is 1.65 bits per heavy atom. The summed E-state index contributed by atoms with van der Waals surface area (Å²) in [7, 11) is -4.02. The normalized spacial score (nSPS) is 12.0. The van der Waals surface area contributed by atoms with Gasteiger partial charge >= 0.3 is 0 Å². The number of carbonyl (C=O) groups excluding carboxylic acids is 2. The molecule has 0 aliphatic heterocycles. The topological polar surface area (TPSA) is 86.8 Å². The highest BCUT2D eigenvalue weighted by Gasteiger charge is 2.34. The van der Waals surface area contributed by atoms with Crippen LogP contribution in [0.1, 0.15) is 30.9 Å². The van der Waals surface area contributed by atoms with Gasteiger partial charge in [0.25, 0.3) is 0 Å². The Kier molecular flexibility index (Phi) is 11.4. The standard InChI is InChI=1S/C29H32Cl2FN3O4S/c1-3-4-17-33-29(37)26(18-21-11-6-5-7-12-21)34(19-22-13-8-9-15-24(22)32)27(36)20-35(40(2,38)39)25-16-10-14-23(30)28(25)31/h5-16,26H,3-4,17-20H2,1-2H3,(H,33,37)/t26-/m1/s1. The van der Waals surface area contributed by atoms with Crippen molar-refractivity contribution in [3.63, 3.8) is 0 Å². The molecule has 1 atom stereocenters. The fourth-order valence-corrected chi connectivity index (χ4v) is 5.45. The number of nitrogens with zero attached hydrogens (tertiary/aromatic N) is 2. The second-order valence-corrected chi connectivity index (χ2v) is 12.0. The number of unbranched alkanes of at least 4 members (excludes halogenated alkanes) is 1. The van der Waals surface area contributed by atoms with Crippen molar-refractivity contribution in [2.45, 2.75) is 38.8 Å². The van der Waals surface area contributed by atoms with Crippen LogP contribution in [0.25, 0.3) is 0 Å². The third-order valence-electron chi connectivity index (χ3n) is 6.28. The molecule has 3 rings (SSSR count). The maximum Gasteiger partial charge on any atom is 0.244 e. The fourth-order valence-electron chi connectivity index (χ4n) is 4.15. The second-order valence-electron chi connectivity index (χ2n) is 9.31. The minimum absolute atomic E-state index is 0.0165. The molecule has 1 N–H and O–H groups in total. The summed E-state index contributed by atoms with van der Waals surface area (Å²) in [6, 6.07) is 18.4. The first-order valence-electron chi connectivity index (χ1n) is 12.8. The molecule has 3 aromatic rings. The van der Waals surface area contributed by atoms with Crippen LogP contribution in [-0.2, 0) is 32.6 Å². The third-order valence-corrected chi connectivity index (χ3v) is 8.21. The van der Waals surface area contributed by atoms with Crippen LogP contribution in [0.4, 0.5) is 10.1 Å². The monoisotopic (exact) mass is 607 g/mol. The molecule has 0 unspecified atom stereocenters. The minimum Gasteiger partial charge on any atom is -0.354 e. The number of carbonyl (C=O) groups is 2. The molecule has 0 radical (unpaired) electrons. The van der Waals surface area contributed by atoms with E-state index in [9.17, 15) is 22.4 Å². The maximum atomic E-state index is 14.8. The molecular formula is C29H32Cl2FN3O4S. The van der Waals surface area contributed by atoms with Crippen LogP contribution >= 0.6 is 23.2 Å². The number of sulfonamides is 1. The van der Waals surface area contributed by atoms with Gasteiger partial charge in [-0.2, -0.15) is 0 Å². The van der Waals surface area contributed by atoms with Crippen LogP contribution in [0, 0.1) is 5.82 Å². The van der Waals surface area contributed by atoms with Crippen molar-refractivity contribution in [3.05, 3.63) is 99.8 Å². The summed E-state index contributed by atoms with van der Waals surface area (Å²) in [5.74, 6) is -1.69. The Bertz CT molecular complexity index is 1420. The number of rotatable bonds is 13. The zero-order valence-corrected chi connectivity index (χ0v) is 24.6. The summed E-state index contributed by atoms with van der Waals surface area (Å²) in [5.41, 5.74) is 0.979. The zero-order valence-electron chi connectivity index (χ0n) is 22.3. The number of anilines is 1. The Labute approximate surface area is 244 Å². The Balaban J connectivity index is 2.07. The van der Waals surface area contributed by atoms with Crippen LogP contribution in [-0.4, -0.2) is 50.5 Å². The SMILES string of the molecule is CCCCNC(=O)[C@@H](Cc1ccccc1)N(Cc1ccccc1F)C(=O)CN(c1cccc(Cl)c1Cl)S(C)(=O)=O. The molecule has 40 heavy (non-hydrogen) atoms. The van der Waals surface area contributed by atoms with Crippen molar-refractivity contribution >= 4 is 50.7 Å². The summed E-state index contributed by atoms with van der Waals surface area (Å²) in [6.45, 7) is 1.45. The highest BCUT2D eigenvalue weighted by molar-refractivity contribution is 7.92. The van der Waals surface area contributed by atoms with Crippen LogP contribution in [0.5, 0.6) is 0 Å². The molecule has 7 nitrogen and oxygen atoms in total. The van der Waals surface area contributed by atoms with Crippen LogP contribution in [0.2, 0.25) is 10.0 Å². The van der Waals surface area contributed by atoms with E-state index in [0.717, 1.165) is 29.0 Å². The molecule has 2 amide bonds. The van der Waals surface area contributed by atoms with E-state index in [1.165, 1.54) is 41.3 Å². The van der Waals surface area contributed by atoms with Gasteiger partial charge in [-0.15, -0.1) is 0 Å². The summed E-state index contributed by atoms with van der Waals surface area (Å²) in [4.78, 5) is 28.7. The number of halogens is 3. The molecule has 0 fully saturated rings. The average Bonchev–Trinajstić information content (AvgIpc) is 2.92. The van der Waals surface area contributed by atoms with Gasteiger partial charge in [0.2, 0.25) is 21.8 Å². The lowest BCUT2D eigenvalue weighted by molar-refractivity contribution is -0.140. The molecule has 0 heterocycles. The first-order valence-corrected chi connectivity index (χ1v) is 15.4. The van der Waals surface area contributed by atoms with Gasteiger partial charge in [-0.1, -0.05) is 91.1 Å². The molecule has 0 aromatic heterocycles. The van der Waals surface area contributed by atoms with Crippen LogP contribution in [0.3, 0.4) is 0 Å². The lowest BCUT2D eigenvalue weighted by Gasteiger charge is -2.33. The number of amides is 2. The quantitative estimate of drug-likeness (QED) is 0.262. The summed E-state index contributed by atoms with van der Waals surface area (Å²) >= 11 is 12.5. The smallest absolute Gasteiger partial charge is 0.244 e. The lowest BCUT2D eigenvalue weighted by atomic mass is 10.0. The summed E-state index contributed by atoms with van der Waals surface area (Å²) < 4.78 is 41.3. The third kappa shape index (κ3) is 8.43. The van der Waals surface area contributed by atoms with Crippen molar-refractivity contribution in [3.8, 4) is 0 Å². The van der Waals surface area contributed by atoms with E-state index >= 15 is 0 Å². The second kappa shape index (κ2) is 14.5. The summed E-state index contributed by atoms with van der Waals surface area (Å²) in [5, 5.41) is 2.95. The van der Waals surface area contributed by atoms with E-state index < -0.39 is 40.2 Å². The Hall–Kier alpha value is -3.14. The number of benzene rings is 3. The van der Waals surface area contributed by atoms with Gasteiger partial charge in [0.1, 0.15) is 18.4 Å². The van der Waals surface area contributed by atoms with E-state index in [1.54, 1.807) is 6.07 Å². The Morgan fingerprint density at radius 1 is 0.975 bits per heavy atom. The molecule has 0 aliphatic rings. The van der Waals surface area contributed by atoms with E-state index in [2.05, 4.69) is 5.32 Å². The molecule has 214 valence electrons. The van der Waals surface area contributed by atoms with Gasteiger partial charge < -0.3 is 10.2 Å². The molecule has 0 saturated carbocycles. The molecule has 0 saturated heterocycles. The van der Waals surface area contributed by atoms with E-state index in [0.29, 0.717) is 6.54 Å². The summed E-state index contributed by atoms with van der Waals surface area (Å²) in [6.07, 6.45) is 2.67. The van der Waals surface area contributed by atoms with Gasteiger partial charge in [-0.3, -0.25) is 13.9 Å². The Morgan fingerprint density at radius 3 is 2.30 bits per heavy atom.